The number of ether oxygens (including phenoxy) is 6. The fraction of sp³-hybridized carbons (Fsp3) is 0.545. The van der Waals surface area contributed by atoms with Crippen molar-refractivity contribution >= 4 is 11.1 Å². The van der Waals surface area contributed by atoms with Crippen LogP contribution in [-0.4, -0.2) is 80.3 Å². The highest BCUT2D eigenvalue weighted by molar-refractivity contribution is 5.71. The van der Waals surface area contributed by atoms with Gasteiger partial charge in [-0.1, -0.05) is 31.4 Å². The van der Waals surface area contributed by atoms with E-state index < -0.39 is 0 Å². The number of methoxy groups -OCH3 is 2. The lowest BCUT2D eigenvalue weighted by atomic mass is 10.0. The predicted molar refractivity (Wildman–Crippen MR) is 112 cm³/mol. The Kier molecular flexibility index (Phi) is 14.4. The first kappa shape index (κ1) is 24.5. The van der Waals surface area contributed by atoms with Crippen LogP contribution in [0.15, 0.2) is 37.4 Å². The molecule has 0 radical (unpaired) electrons. The summed E-state index contributed by atoms with van der Waals surface area (Å²) in [5, 5.41) is 0. The van der Waals surface area contributed by atoms with E-state index in [0.717, 1.165) is 22.3 Å². The van der Waals surface area contributed by atoms with Gasteiger partial charge in [0.15, 0.2) is 0 Å². The second-order valence-electron chi connectivity index (χ2n) is 6.10. The predicted octanol–water partition coefficient (Wildman–Crippen LogP) is 3.07. The van der Waals surface area contributed by atoms with Crippen molar-refractivity contribution < 1.29 is 28.4 Å². The number of rotatable bonds is 18. The Balaban J connectivity index is 2.27. The summed E-state index contributed by atoms with van der Waals surface area (Å²) in [7, 11) is 3.30. The summed E-state index contributed by atoms with van der Waals surface area (Å²) in [6.45, 7) is 13.6. The molecule has 0 amide bonds. The van der Waals surface area contributed by atoms with Gasteiger partial charge in [-0.15, -0.1) is 0 Å². The molecule has 1 aromatic carbocycles. The lowest BCUT2D eigenvalue weighted by Crippen LogP contribution is -2.09. The zero-order valence-electron chi connectivity index (χ0n) is 17.2. The van der Waals surface area contributed by atoms with Gasteiger partial charge in [-0.2, -0.15) is 0 Å². The molecule has 0 heterocycles. The van der Waals surface area contributed by atoms with E-state index in [0.29, 0.717) is 66.1 Å². The topological polar surface area (TPSA) is 55.4 Å². The Morgan fingerprint density at radius 3 is 1.46 bits per heavy atom. The maximum absolute atomic E-state index is 5.61. The van der Waals surface area contributed by atoms with Gasteiger partial charge in [0.05, 0.1) is 66.1 Å². The zero-order chi connectivity index (χ0) is 20.5. The molecule has 0 bridgehead atoms. The van der Waals surface area contributed by atoms with Crippen molar-refractivity contribution in [1.29, 1.82) is 0 Å². The highest BCUT2D eigenvalue weighted by Crippen LogP contribution is 2.19. The van der Waals surface area contributed by atoms with Crippen molar-refractivity contribution in [2.24, 2.45) is 0 Å². The van der Waals surface area contributed by atoms with Gasteiger partial charge in [0.2, 0.25) is 0 Å². The summed E-state index contributed by atoms with van der Waals surface area (Å²) in [4.78, 5) is 0. The number of hydrogen-bond donors (Lipinski definition) is 0. The Morgan fingerprint density at radius 1 is 0.643 bits per heavy atom. The van der Waals surface area contributed by atoms with Crippen LogP contribution in [0.5, 0.6) is 0 Å². The Labute approximate surface area is 169 Å². The van der Waals surface area contributed by atoms with Crippen LogP contribution in [0.3, 0.4) is 0 Å². The highest BCUT2D eigenvalue weighted by atomic mass is 16.5. The van der Waals surface area contributed by atoms with Crippen molar-refractivity contribution in [3.63, 3.8) is 0 Å². The molecule has 0 unspecified atom stereocenters. The minimum Gasteiger partial charge on any atom is -0.382 e. The Hall–Kier alpha value is -1.54. The lowest BCUT2D eigenvalue weighted by molar-refractivity contribution is 0.0324. The van der Waals surface area contributed by atoms with Crippen LogP contribution >= 0.6 is 0 Å². The van der Waals surface area contributed by atoms with Crippen molar-refractivity contribution in [2.75, 3.05) is 80.3 Å². The van der Waals surface area contributed by atoms with Crippen LogP contribution in [0.2, 0.25) is 0 Å². The molecule has 0 aromatic heterocycles. The normalized spacial score (nSPS) is 10.9. The maximum Gasteiger partial charge on any atom is 0.0718 e. The van der Waals surface area contributed by atoms with Gasteiger partial charge < -0.3 is 28.4 Å². The highest BCUT2D eigenvalue weighted by Gasteiger charge is 2.04. The molecule has 0 saturated heterocycles. The SMILES string of the molecule is C=C(COCCOCCOC)c1cccc(C(=C)COCCOCCOC)c1. The molecule has 0 fully saturated rings. The molecule has 1 rings (SSSR count). The molecule has 6 nitrogen and oxygen atoms in total. The third kappa shape index (κ3) is 11.3. The van der Waals surface area contributed by atoms with Gasteiger partial charge in [-0.3, -0.25) is 0 Å². The second kappa shape index (κ2) is 16.4. The van der Waals surface area contributed by atoms with E-state index in [-0.39, 0.29) is 0 Å². The van der Waals surface area contributed by atoms with Gasteiger partial charge in [0.1, 0.15) is 0 Å². The minimum absolute atomic E-state index is 0.457. The standard InChI is InChI=1S/C22H34O6/c1-19(17-27-14-12-25-10-8-23-3)21-6-5-7-22(16-21)20(2)18-28-15-13-26-11-9-24-4/h5-7,16H,1-2,8-15,17-18H2,3-4H3. The lowest BCUT2D eigenvalue weighted by Gasteiger charge is -2.12. The molecular weight excluding hydrogens is 360 g/mol. The molecule has 0 spiro atoms. The molecule has 0 aliphatic carbocycles. The van der Waals surface area contributed by atoms with E-state index in [9.17, 15) is 0 Å². The van der Waals surface area contributed by atoms with Crippen LogP contribution in [0.4, 0.5) is 0 Å². The third-order valence-corrected chi connectivity index (χ3v) is 3.84. The second-order valence-corrected chi connectivity index (χ2v) is 6.10. The van der Waals surface area contributed by atoms with Crippen molar-refractivity contribution in [2.45, 2.75) is 0 Å². The van der Waals surface area contributed by atoms with Crippen LogP contribution < -0.4 is 0 Å². The summed E-state index contributed by atoms with van der Waals surface area (Å²) in [6.07, 6.45) is 0. The monoisotopic (exact) mass is 394 g/mol. The largest absolute Gasteiger partial charge is 0.382 e. The van der Waals surface area contributed by atoms with Crippen LogP contribution in [-0.2, 0) is 28.4 Å². The van der Waals surface area contributed by atoms with Crippen molar-refractivity contribution in [3.8, 4) is 0 Å². The number of hydrogen-bond acceptors (Lipinski definition) is 6. The molecule has 0 N–H and O–H groups in total. The van der Waals surface area contributed by atoms with Gasteiger partial charge in [0.25, 0.3) is 0 Å². The van der Waals surface area contributed by atoms with Crippen molar-refractivity contribution in [3.05, 3.63) is 48.6 Å². The average molecular weight is 395 g/mol. The molecule has 28 heavy (non-hydrogen) atoms. The average Bonchev–Trinajstić information content (AvgIpc) is 2.72. The molecule has 0 aliphatic rings. The molecule has 0 saturated carbocycles. The molecule has 0 aliphatic heterocycles. The third-order valence-electron chi connectivity index (χ3n) is 3.84. The van der Waals surface area contributed by atoms with Gasteiger partial charge in [-0.05, 0) is 28.3 Å². The Bertz CT molecular complexity index is 512. The zero-order valence-corrected chi connectivity index (χ0v) is 17.2. The smallest absolute Gasteiger partial charge is 0.0718 e. The summed E-state index contributed by atoms with van der Waals surface area (Å²) in [5.74, 6) is 0. The minimum atomic E-state index is 0.457. The fourth-order valence-corrected chi connectivity index (χ4v) is 2.24. The van der Waals surface area contributed by atoms with Gasteiger partial charge in [0, 0.05) is 14.2 Å². The molecule has 6 heteroatoms. The summed E-state index contributed by atoms with van der Waals surface area (Å²) >= 11 is 0. The summed E-state index contributed by atoms with van der Waals surface area (Å²) < 4.78 is 31.8. The van der Waals surface area contributed by atoms with E-state index >= 15 is 0 Å². The van der Waals surface area contributed by atoms with Crippen LogP contribution in [0.1, 0.15) is 11.1 Å². The molecular formula is C22H34O6. The fourth-order valence-electron chi connectivity index (χ4n) is 2.24. The number of benzene rings is 1. The molecule has 1 aromatic rings. The van der Waals surface area contributed by atoms with E-state index in [1.54, 1.807) is 14.2 Å². The summed E-state index contributed by atoms with van der Waals surface area (Å²) in [6, 6.07) is 8.08. The Morgan fingerprint density at radius 2 is 1.04 bits per heavy atom. The first-order chi connectivity index (χ1) is 13.7. The first-order valence-corrected chi connectivity index (χ1v) is 9.44. The van der Waals surface area contributed by atoms with E-state index in [2.05, 4.69) is 19.2 Å². The van der Waals surface area contributed by atoms with Crippen molar-refractivity contribution in [1.82, 2.24) is 0 Å². The van der Waals surface area contributed by atoms with Crippen LogP contribution in [0, 0.1) is 0 Å². The quantitative estimate of drug-likeness (QED) is 0.357. The molecule has 0 atom stereocenters. The molecule has 158 valence electrons. The maximum atomic E-state index is 5.61. The van der Waals surface area contributed by atoms with Gasteiger partial charge in [-0.25, -0.2) is 0 Å². The first-order valence-electron chi connectivity index (χ1n) is 9.44. The van der Waals surface area contributed by atoms with E-state index in [1.165, 1.54) is 0 Å². The summed E-state index contributed by atoms with van der Waals surface area (Å²) in [5.41, 5.74) is 3.89. The van der Waals surface area contributed by atoms with Gasteiger partial charge >= 0.3 is 0 Å². The van der Waals surface area contributed by atoms with Crippen LogP contribution in [0.25, 0.3) is 11.1 Å². The van der Waals surface area contributed by atoms with E-state index in [4.69, 9.17) is 28.4 Å². The van der Waals surface area contributed by atoms with E-state index in [1.807, 2.05) is 18.2 Å².